The molecule has 1 N–H and O–H groups in total. The van der Waals surface area contributed by atoms with Gasteiger partial charge in [-0.3, -0.25) is 4.79 Å². The number of nitrogens with one attached hydrogen (secondary N) is 1. The van der Waals surface area contributed by atoms with Crippen LogP contribution in [0, 0.1) is 12.3 Å². The molecule has 4 nitrogen and oxygen atoms in total. The fourth-order valence-electron chi connectivity index (χ4n) is 2.42. The molecule has 1 aliphatic carbocycles. The molecular formula is C17H26N2O2. The van der Waals surface area contributed by atoms with Gasteiger partial charge >= 0.3 is 0 Å². The van der Waals surface area contributed by atoms with Gasteiger partial charge in [0.15, 0.2) is 0 Å². The minimum absolute atomic E-state index is 0.132. The highest BCUT2D eigenvalue weighted by atomic mass is 16.5. The van der Waals surface area contributed by atoms with Crippen LogP contribution in [0.5, 0.6) is 5.88 Å². The van der Waals surface area contributed by atoms with Gasteiger partial charge < -0.3 is 10.1 Å². The molecule has 1 heterocycles. The molecule has 1 saturated carbocycles. The van der Waals surface area contributed by atoms with Gasteiger partial charge in [0.1, 0.15) is 6.10 Å². The molecule has 1 aromatic heterocycles. The summed E-state index contributed by atoms with van der Waals surface area (Å²) in [6.45, 7) is 7.85. The zero-order valence-electron chi connectivity index (χ0n) is 13.5. The Kier molecular flexibility index (Phi) is 4.86. The molecule has 4 heteroatoms. The zero-order valence-corrected chi connectivity index (χ0v) is 13.5. The predicted molar refractivity (Wildman–Crippen MR) is 83.2 cm³/mol. The van der Waals surface area contributed by atoms with E-state index in [1.807, 2.05) is 46.0 Å². The highest BCUT2D eigenvalue weighted by molar-refractivity contribution is 5.81. The normalized spacial score (nSPS) is 22.7. The van der Waals surface area contributed by atoms with E-state index in [9.17, 15) is 4.79 Å². The van der Waals surface area contributed by atoms with Crippen molar-refractivity contribution in [3.63, 3.8) is 0 Å². The summed E-state index contributed by atoms with van der Waals surface area (Å²) in [6.07, 6.45) is 5.90. The Labute approximate surface area is 127 Å². The highest BCUT2D eigenvalue weighted by Gasteiger charge is 2.27. The van der Waals surface area contributed by atoms with E-state index in [-0.39, 0.29) is 23.5 Å². The Bertz CT molecular complexity index is 469. The lowest BCUT2D eigenvalue weighted by Crippen LogP contribution is -2.44. The maximum Gasteiger partial charge on any atom is 0.225 e. The first-order valence-electron chi connectivity index (χ1n) is 7.75. The number of hydrogen-bond acceptors (Lipinski definition) is 3. The van der Waals surface area contributed by atoms with Crippen LogP contribution < -0.4 is 10.1 Å². The number of carbonyl (C=O) groups excluding carboxylic acids is 1. The average Bonchev–Trinajstić information content (AvgIpc) is 2.42. The first kappa shape index (κ1) is 15.8. The first-order valence-corrected chi connectivity index (χ1v) is 7.75. The van der Waals surface area contributed by atoms with Crippen molar-refractivity contribution in [3.05, 3.63) is 23.9 Å². The summed E-state index contributed by atoms with van der Waals surface area (Å²) in [5, 5.41) is 3.14. The number of hydrogen-bond donors (Lipinski definition) is 1. The third kappa shape index (κ3) is 4.73. The summed E-state index contributed by atoms with van der Waals surface area (Å²) in [7, 11) is 0. The fraction of sp³-hybridized carbons (Fsp3) is 0.647. The zero-order chi connectivity index (χ0) is 15.5. The van der Waals surface area contributed by atoms with Crippen molar-refractivity contribution < 1.29 is 9.53 Å². The quantitative estimate of drug-likeness (QED) is 0.929. The molecule has 0 aliphatic heterocycles. The predicted octanol–water partition coefficient (Wildman–Crippen LogP) is 3.24. The number of pyridine rings is 1. The van der Waals surface area contributed by atoms with Crippen molar-refractivity contribution in [2.45, 2.75) is 65.5 Å². The van der Waals surface area contributed by atoms with Crippen LogP contribution >= 0.6 is 0 Å². The molecule has 0 radical (unpaired) electrons. The van der Waals surface area contributed by atoms with Crippen LogP contribution in [0.15, 0.2) is 18.3 Å². The monoisotopic (exact) mass is 290 g/mol. The van der Waals surface area contributed by atoms with E-state index in [0.29, 0.717) is 5.88 Å². The van der Waals surface area contributed by atoms with E-state index in [1.165, 1.54) is 0 Å². The van der Waals surface area contributed by atoms with Gasteiger partial charge in [0, 0.05) is 23.7 Å². The minimum Gasteiger partial charge on any atom is -0.474 e. The average molecular weight is 290 g/mol. The maximum absolute atomic E-state index is 12.0. The number of aryl methyl sites for hydroxylation is 1. The topological polar surface area (TPSA) is 51.2 Å². The Morgan fingerprint density at radius 2 is 1.90 bits per heavy atom. The third-order valence-corrected chi connectivity index (χ3v) is 3.86. The SMILES string of the molecule is Cc1ccc(OC2CCC(NC(=O)C(C)(C)C)CC2)nc1. The third-order valence-electron chi connectivity index (χ3n) is 3.86. The van der Waals surface area contributed by atoms with Gasteiger partial charge in [-0.1, -0.05) is 26.8 Å². The second-order valence-electron chi connectivity index (χ2n) is 6.99. The van der Waals surface area contributed by atoms with E-state index < -0.39 is 0 Å². The number of nitrogens with zero attached hydrogens (tertiary/aromatic N) is 1. The fourth-order valence-corrected chi connectivity index (χ4v) is 2.42. The summed E-state index contributed by atoms with van der Waals surface area (Å²) in [5.41, 5.74) is 0.815. The van der Waals surface area contributed by atoms with Crippen LogP contribution in [0.4, 0.5) is 0 Å². The molecule has 0 atom stereocenters. The summed E-state index contributed by atoms with van der Waals surface area (Å²) in [5.74, 6) is 0.829. The van der Waals surface area contributed by atoms with Crippen LogP contribution in [-0.4, -0.2) is 23.0 Å². The van der Waals surface area contributed by atoms with E-state index in [4.69, 9.17) is 4.74 Å². The highest BCUT2D eigenvalue weighted by Crippen LogP contribution is 2.24. The van der Waals surface area contributed by atoms with E-state index in [2.05, 4.69) is 10.3 Å². The van der Waals surface area contributed by atoms with Crippen molar-refractivity contribution >= 4 is 5.91 Å². The van der Waals surface area contributed by atoms with Crippen molar-refractivity contribution in [3.8, 4) is 5.88 Å². The second-order valence-corrected chi connectivity index (χ2v) is 6.99. The number of rotatable bonds is 3. The van der Waals surface area contributed by atoms with Crippen LogP contribution in [-0.2, 0) is 4.79 Å². The Balaban J connectivity index is 1.78. The number of aromatic nitrogens is 1. The molecule has 116 valence electrons. The lowest BCUT2D eigenvalue weighted by molar-refractivity contribution is -0.129. The van der Waals surface area contributed by atoms with Gasteiger partial charge in [-0.2, -0.15) is 0 Å². The molecule has 0 bridgehead atoms. The van der Waals surface area contributed by atoms with Crippen molar-refractivity contribution in [2.75, 3.05) is 0 Å². The van der Waals surface area contributed by atoms with Crippen molar-refractivity contribution in [1.29, 1.82) is 0 Å². The molecule has 1 amide bonds. The summed E-state index contributed by atoms with van der Waals surface area (Å²) in [6, 6.07) is 4.21. The molecular weight excluding hydrogens is 264 g/mol. The van der Waals surface area contributed by atoms with Crippen LogP contribution in [0.2, 0.25) is 0 Å². The van der Waals surface area contributed by atoms with Crippen LogP contribution in [0.1, 0.15) is 52.0 Å². The molecule has 2 rings (SSSR count). The largest absolute Gasteiger partial charge is 0.474 e. The Hall–Kier alpha value is -1.58. The van der Waals surface area contributed by atoms with Gasteiger partial charge in [0.25, 0.3) is 0 Å². The van der Waals surface area contributed by atoms with E-state index in [1.54, 1.807) is 0 Å². The number of amides is 1. The number of carbonyl (C=O) groups is 1. The summed E-state index contributed by atoms with van der Waals surface area (Å²) >= 11 is 0. The maximum atomic E-state index is 12.0. The summed E-state index contributed by atoms with van der Waals surface area (Å²) < 4.78 is 5.91. The second kappa shape index (κ2) is 6.46. The molecule has 1 aromatic rings. The molecule has 21 heavy (non-hydrogen) atoms. The van der Waals surface area contributed by atoms with Gasteiger partial charge in [0.05, 0.1) is 0 Å². The molecule has 0 spiro atoms. The number of ether oxygens (including phenoxy) is 1. The van der Waals surface area contributed by atoms with Crippen LogP contribution in [0.3, 0.4) is 0 Å². The molecule has 1 aliphatic rings. The Morgan fingerprint density at radius 1 is 1.24 bits per heavy atom. The van der Waals surface area contributed by atoms with Gasteiger partial charge in [-0.25, -0.2) is 4.98 Å². The minimum atomic E-state index is -0.320. The lowest BCUT2D eigenvalue weighted by Gasteiger charge is -2.31. The Morgan fingerprint density at radius 3 is 2.43 bits per heavy atom. The molecule has 0 saturated heterocycles. The van der Waals surface area contributed by atoms with E-state index >= 15 is 0 Å². The summed E-state index contributed by atoms with van der Waals surface area (Å²) in [4.78, 5) is 16.3. The van der Waals surface area contributed by atoms with E-state index in [0.717, 1.165) is 31.2 Å². The molecule has 1 fully saturated rings. The first-order chi connectivity index (χ1) is 9.84. The van der Waals surface area contributed by atoms with Gasteiger partial charge in [-0.05, 0) is 38.2 Å². The van der Waals surface area contributed by atoms with Gasteiger partial charge in [0.2, 0.25) is 11.8 Å². The van der Waals surface area contributed by atoms with Crippen molar-refractivity contribution in [2.24, 2.45) is 5.41 Å². The standard InChI is InChI=1S/C17H26N2O2/c1-12-5-10-15(18-11-12)21-14-8-6-13(7-9-14)19-16(20)17(2,3)4/h5,10-11,13-14H,6-9H2,1-4H3,(H,19,20). The lowest BCUT2D eigenvalue weighted by atomic mass is 9.90. The van der Waals surface area contributed by atoms with Crippen LogP contribution in [0.25, 0.3) is 0 Å². The smallest absolute Gasteiger partial charge is 0.225 e. The van der Waals surface area contributed by atoms with Crippen molar-refractivity contribution in [1.82, 2.24) is 10.3 Å². The molecule has 0 aromatic carbocycles. The molecule has 0 unspecified atom stereocenters. The van der Waals surface area contributed by atoms with Gasteiger partial charge in [-0.15, -0.1) is 0 Å².